The average Bonchev–Trinajstić information content (AvgIpc) is 2.40. The van der Waals surface area contributed by atoms with Crippen molar-refractivity contribution in [2.24, 2.45) is 0 Å². The van der Waals surface area contributed by atoms with Gasteiger partial charge in [0.25, 0.3) is 0 Å². The predicted molar refractivity (Wildman–Crippen MR) is 73.0 cm³/mol. The third-order valence-electron chi connectivity index (χ3n) is 3.01. The Morgan fingerprint density at radius 1 is 1.33 bits per heavy atom. The van der Waals surface area contributed by atoms with Crippen LogP contribution in [-0.4, -0.2) is 32.2 Å². The lowest BCUT2D eigenvalue weighted by atomic mass is 10.2. The van der Waals surface area contributed by atoms with Crippen LogP contribution in [0.4, 0.5) is 11.4 Å². The Labute approximate surface area is 108 Å². The van der Waals surface area contributed by atoms with E-state index >= 15 is 0 Å². The van der Waals surface area contributed by atoms with Gasteiger partial charge in [-0.05, 0) is 18.6 Å². The molecule has 1 heterocycles. The van der Waals surface area contributed by atoms with Gasteiger partial charge in [-0.1, -0.05) is 19.1 Å². The van der Waals surface area contributed by atoms with Gasteiger partial charge in [-0.15, -0.1) is 0 Å². The van der Waals surface area contributed by atoms with Crippen molar-refractivity contribution in [2.75, 3.05) is 36.5 Å². The smallest absolute Gasteiger partial charge is 0.224 e. The van der Waals surface area contributed by atoms with Crippen LogP contribution >= 0.6 is 0 Å². The van der Waals surface area contributed by atoms with Crippen molar-refractivity contribution < 1.29 is 9.53 Å². The summed E-state index contributed by atoms with van der Waals surface area (Å²) in [4.78, 5) is 13.9. The van der Waals surface area contributed by atoms with Gasteiger partial charge in [-0.3, -0.25) is 4.79 Å². The molecule has 0 atom stereocenters. The number of hydrogen-bond donors (Lipinski definition) is 1. The first-order valence-corrected chi connectivity index (χ1v) is 6.53. The summed E-state index contributed by atoms with van der Waals surface area (Å²) in [6.45, 7) is 5.25. The lowest BCUT2D eigenvalue weighted by Crippen LogP contribution is -2.36. The molecule has 0 spiro atoms. The number of morpholine rings is 1. The van der Waals surface area contributed by atoms with Crippen molar-refractivity contribution in [3.05, 3.63) is 24.3 Å². The van der Waals surface area contributed by atoms with Gasteiger partial charge in [0.15, 0.2) is 0 Å². The van der Waals surface area contributed by atoms with Crippen molar-refractivity contribution in [3.63, 3.8) is 0 Å². The van der Waals surface area contributed by atoms with E-state index in [0.717, 1.165) is 44.1 Å². The molecule has 0 unspecified atom stereocenters. The molecule has 1 aromatic carbocycles. The zero-order valence-electron chi connectivity index (χ0n) is 10.8. The van der Waals surface area contributed by atoms with E-state index in [0.29, 0.717) is 6.42 Å². The quantitative estimate of drug-likeness (QED) is 0.888. The Balaban J connectivity index is 2.11. The van der Waals surface area contributed by atoms with Gasteiger partial charge < -0.3 is 15.0 Å². The van der Waals surface area contributed by atoms with Crippen LogP contribution in [0.2, 0.25) is 0 Å². The first-order chi connectivity index (χ1) is 8.81. The topological polar surface area (TPSA) is 41.6 Å². The van der Waals surface area contributed by atoms with Gasteiger partial charge in [-0.2, -0.15) is 0 Å². The van der Waals surface area contributed by atoms with Crippen molar-refractivity contribution in [1.29, 1.82) is 0 Å². The summed E-state index contributed by atoms with van der Waals surface area (Å²) >= 11 is 0. The standard InChI is InChI=1S/C14H20N2O2/c1-2-5-14(17)15-12-6-3-4-7-13(12)16-8-10-18-11-9-16/h3-4,6-7H,2,5,8-11H2,1H3,(H,15,17). The summed E-state index contributed by atoms with van der Waals surface area (Å²) in [6.07, 6.45) is 1.43. The fourth-order valence-electron chi connectivity index (χ4n) is 2.10. The summed E-state index contributed by atoms with van der Waals surface area (Å²) in [7, 11) is 0. The van der Waals surface area contributed by atoms with Gasteiger partial charge in [0.2, 0.25) is 5.91 Å². The van der Waals surface area contributed by atoms with E-state index in [1.807, 2.05) is 31.2 Å². The Hall–Kier alpha value is -1.55. The Kier molecular flexibility index (Phi) is 4.59. The van der Waals surface area contributed by atoms with Crippen LogP contribution in [0.25, 0.3) is 0 Å². The minimum absolute atomic E-state index is 0.0817. The summed E-state index contributed by atoms with van der Waals surface area (Å²) in [5, 5.41) is 2.99. The number of anilines is 2. The molecule has 0 aromatic heterocycles. The lowest BCUT2D eigenvalue weighted by Gasteiger charge is -2.30. The van der Waals surface area contributed by atoms with E-state index in [1.54, 1.807) is 0 Å². The number of rotatable bonds is 4. The number of nitrogens with zero attached hydrogens (tertiary/aromatic N) is 1. The molecule has 0 bridgehead atoms. The van der Waals surface area contributed by atoms with E-state index in [-0.39, 0.29) is 5.91 Å². The third-order valence-corrected chi connectivity index (χ3v) is 3.01. The Morgan fingerprint density at radius 2 is 2.06 bits per heavy atom. The molecule has 98 valence electrons. The Morgan fingerprint density at radius 3 is 2.78 bits per heavy atom. The molecular formula is C14H20N2O2. The molecule has 1 N–H and O–H groups in total. The number of carbonyl (C=O) groups excluding carboxylic acids is 1. The second-order valence-electron chi connectivity index (χ2n) is 4.41. The number of nitrogens with one attached hydrogen (secondary N) is 1. The van der Waals surface area contributed by atoms with Crippen LogP contribution in [0, 0.1) is 0 Å². The summed E-state index contributed by atoms with van der Waals surface area (Å²) in [5.74, 6) is 0.0817. The molecular weight excluding hydrogens is 228 g/mol. The van der Waals surface area contributed by atoms with Crippen molar-refractivity contribution >= 4 is 17.3 Å². The van der Waals surface area contributed by atoms with Crippen LogP contribution in [0.3, 0.4) is 0 Å². The minimum Gasteiger partial charge on any atom is -0.378 e. The van der Waals surface area contributed by atoms with Crippen LogP contribution in [0.5, 0.6) is 0 Å². The molecule has 4 nitrogen and oxygen atoms in total. The van der Waals surface area contributed by atoms with E-state index in [1.165, 1.54) is 0 Å². The second-order valence-corrected chi connectivity index (χ2v) is 4.41. The number of hydrogen-bond acceptors (Lipinski definition) is 3. The number of benzene rings is 1. The van der Waals surface area contributed by atoms with E-state index in [9.17, 15) is 4.79 Å². The molecule has 1 fully saturated rings. The number of para-hydroxylation sites is 2. The maximum atomic E-state index is 11.7. The second kappa shape index (κ2) is 6.40. The van der Waals surface area contributed by atoms with Crippen molar-refractivity contribution in [2.45, 2.75) is 19.8 Å². The van der Waals surface area contributed by atoms with Crippen LogP contribution < -0.4 is 10.2 Å². The molecule has 1 aromatic rings. The zero-order valence-corrected chi connectivity index (χ0v) is 10.8. The van der Waals surface area contributed by atoms with Crippen molar-refractivity contribution in [1.82, 2.24) is 0 Å². The lowest BCUT2D eigenvalue weighted by molar-refractivity contribution is -0.116. The molecule has 1 aliphatic heterocycles. The minimum atomic E-state index is 0.0817. The summed E-state index contributed by atoms with van der Waals surface area (Å²) in [6, 6.07) is 7.96. The molecule has 4 heteroatoms. The summed E-state index contributed by atoms with van der Waals surface area (Å²) in [5.41, 5.74) is 1.99. The normalized spacial score (nSPS) is 15.5. The maximum absolute atomic E-state index is 11.7. The molecule has 0 radical (unpaired) electrons. The Bertz CT molecular complexity index is 401. The predicted octanol–water partition coefficient (Wildman–Crippen LogP) is 2.26. The van der Waals surface area contributed by atoms with Crippen LogP contribution in [0.1, 0.15) is 19.8 Å². The van der Waals surface area contributed by atoms with Gasteiger partial charge in [0.05, 0.1) is 24.6 Å². The highest BCUT2D eigenvalue weighted by Gasteiger charge is 2.15. The molecule has 0 aliphatic carbocycles. The molecule has 2 rings (SSSR count). The third kappa shape index (κ3) is 3.23. The summed E-state index contributed by atoms with van der Waals surface area (Å²) < 4.78 is 5.35. The molecule has 1 aliphatic rings. The highest BCUT2D eigenvalue weighted by Crippen LogP contribution is 2.26. The first-order valence-electron chi connectivity index (χ1n) is 6.53. The van der Waals surface area contributed by atoms with Crippen LogP contribution in [-0.2, 0) is 9.53 Å². The SMILES string of the molecule is CCCC(=O)Nc1ccccc1N1CCOCC1. The number of carbonyl (C=O) groups is 1. The van der Waals surface area contributed by atoms with E-state index in [2.05, 4.69) is 10.2 Å². The van der Waals surface area contributed by atoms with Crippen LogP contribution in [0.15, 0.2) is 24.3 Å². The van der Waals surface area contributed by atoms with Gasteiger partial charge in [-0.25, -0.2) is 0 Å². The van der Waals surface area contributed by atoms with Gasteiger partial charge in [0, 0.05) is 19.5 Å². The largest absolute Gasteiger partial charge is 0.378 e. The van der Waals surface area contributed by atoms with Gasteiger partial charge in [0.1, 0.15) is 0 Å². The highest BCUT2D eigenvalue weighted by molar-refractivity contribution is 5.94. The van der Waals surface area contributed by atoms with E-state index < -0.39 is 0 Å². The molecule has 1 saturated heterocycles. The average molecular weight is 248 g/mol. The van der Waals surface area contributed by atoms with E-state index in [4.69, 9.17) is 4.74 Å². The van der Waals surface area contributed by atoms with Crippen molar-refractivity contribution in [3.8, 4) is 0 Å². The fourth-order valence-corrected chi connectivity index (χ4v) is 2.10. The zero-order chi connectivity index (χ0) is 12.8. The first kappa shape index (κ1) is 12.9. The number of amides is 1. The molecule has 0 saturated carbocycles. The maximum Gasteiger partial charge on any atom is 0.224 e. The fraction of sp³-hybridized carbons (Fsp3) is 0.500. The molecule has 18 heavy (non-hydrogen) atoms. The monoisotopic (exact) mass is 248 g/mol. The highest BCUT2D eigenvalue weighted by atomic mass is 16.5. The molecule has 1 amide bonds. The van der Waals surface area contributed by atoms with Gasteiger partial charge >= 0.3 is 0 Å². The number of ether oxygens (including phenoxy) is 1.